The standard InChI is InChI=1S/C19H21ClN2O5/c1-11-6-7-12(20)8-15(11)21-16(23)10-27-17(24)9-22-18(25)13-4-2-3-5-14(13)19(22)26/h6-8,13-14H,2-5,9-10H2,1H3,(H,21,23)/t13-,14-/m0/s1. The van der Waals surface area contributed by atoms with Gasteiger partial charge < -0.3 is 10.1 Å². The third-order valence-electron chi connectivity index (χ3n) is 5.06. The fourth-order valence-electron chi connectivity index (χ4n) is 3.62. The number of amides is 3. The van der Waals surface area contributed by atoms with Gasteiger partial charge in [-0.1, -0.05) is 30.5 Å². The van der Waals surface area contributed by atoms with Crippen molar-refractivity contribution >= 4 is 41.0 Å². The number of anilines is 1. The monoisotopic (exact) mass is 392 g/mol. The molecule has 2 atom stereocenters. The molecule has 1 aromatic rings. The molecule has 8 heteroatoms. The van der Waals surface area contributed by atoms with E-state index in [0.29, 0.717) is 23.6 Å². The van der Waals surface area contributed by atoms with Crippen molar-refractivity contribution in [2.45, 2.75) is 32.6 Å². The Bertz CT molecular complexity index is 770. The number of likely N-dealkylation sites (tertiary alicyclic amines) is 1. The molecule has 1 aliphatic carbocycles. The number of nitrogens with one attached hydrogen (secondary N) is 1. The highest BCUT2D eigenvalue weighted by Crippen LogP contribution is 2.37. The summed E-state index contributed by atoms with van der Waals surface area (Å²) in [6.45, 7) is 0.851. The number of ether oxygens (including phenoxy) is 1. The van der Waals surface area contributed by atoms with Gasteiger partial charge in [0.05, 0.1) is 11.8 Å². The molecular formula is C19H21ClN2O5. The maximum Gasteiger partial charge on any atom is 0.326 e. The second kappa shape index (κ2) is 8.08. The van der Waals surface area contributed by atoms with Crippen LogP contribution in [0.4, 0.5) is 5.69 Å². The minimum Gasteiger partial charge on any atom is -0.454 e. The number of carbonyl (C=O) groups is 4. The van der Waals surface area contributed by atoms with Gasteiger partial charge in [0.2, 0.25) is 11.8 Å². The van der Waals surface area contributed by atoms with Crippen molar-refractivity contribution in [2.24, 2.45) is 11.8 Å². The zero-order valence-corrected chi connectivity index (χ0v) is 15.8. The summed E-state index contributed by atoms with van der Waals surface area (Å²) in [7, 11) is 0. The van der Waals surface area contributed by atoms with Gasteiger partial charge in [-0.15, -0.1) is 0 Å². The lowest BCUT2D eigenvalue weighted by molar-refractivity contribution is -0.154. The highest BCUT2D eigenvalue weighted by molar-refractivity contribution is 6.31. The maximum absolute atomic E-state index is 12.3. The SMILES string of the molecule is Cc1ccc(Cl)cc1NC(=O)COC(=O)CN1C(=O)[C@H]2CCCC[C@@H]2C1=O. The molecule has 7 nitrogen and oxygen atoms in total. The smallest absolute Gasteiger partial charge is 0.326 e. The van der Waals surface area contributed by atoms with Crippen LogP contribution in [0, 0.1) is 18.8 Å². The van der Waals surface area contributed by atoms with Crippen LogP contribution in [0.15, 0.2) is 18.2 Å². The maximum atomic E-state index is 12.3. The van der Waals surface area contributed by atoms with Gasteiger partial charge in [-0.2, -0.15) is 0 Å². The molecule has 0 aromatic heterocycles. The van der Waals surface area contributed by atoms with Crippen LogP contribution in [0.3, 0.4) is 0 Å². The van der Waals surface area contributed by atoms with Crippen LogP contribution in [-0.4, -0.2) is 41.7 Å². The normalized spacial score (nSPS) is 21.8. The van der Waals surface area contributed by atoms with Gasteiger partial charge in [-0.25, -0.2) is 0 Å². The molecule has 0 unspecified atom stereocenters. The molecular weight excluding hydrogens is 372 g/mol. The lowest BCUT2D eigenvalue weighted by Crippen LogP contribution is -2.37. The van der Waals surface area contributed by atoms with Crippen molar-refractivity contribution in [1.29, 1.82) is 0 Å². The van der Waals surface area contributed by atoms with Gasteiger partial charge in [0.15, 0.2) is 6.61 Å². The molecule has 1 aliphatic heterocycles. The second-order valence-corrected chi connectivity index (χ2v) is 7.36. The van der Waals surface area contributed by atoms with E-state index in [1.54, 1.807) is 18.2 Å². The Kier molecular flexibility index (Phi) is 5.79. The van der Waals surface area contributed by atoms with Crippen molar-refractivity contribution < 1.29 is 23.9 Å². The minimum absolute atomic E-state index is 0.305. The number of fused-ring (bicyclic) bond motifs is 1. The first kappa shape index (κ1) is 19.4. The summed E-state index contributed by atoms with van der Waals surface area (Å²) < 4.78 is 4.93. The number of imide groups is 1. The van der Waals surface area contributed by atoms with E-state index in [2.05, 4.69) is 5.32 Å². The Morgan fingerprint density at radius 3 is 2.44 bits per heavy atom. The van der Waals surface area contributed by atoms with E-state index in [9.17, 15) is 19.2 Å². The van der Waals surface area contributed by atoms with E-state index in [4.69, 9.17) is 16.3 Å². The van der Waals surface area contributed by atoms with Crippen molar-refractivity contribution in [3.8, 4) is 0 Å². The molecule has 27 heavy (non-hydrogen) atoms. The van der Waals surface area contributed by atoms with Crippen LogP contribution in [-0.2, 0) is 23.9 Å². The van der Waals surface area contributed by atoms with Gasteiger partial charge in [-0.3, -0.25) is 24.1 Å². The minimum atomic E-state index is -0.784. The van der Waals surface area contributed by atoms with E-state index in [0.717, 1.165) is 23.3 Å². The molecule has 0 bridgehead atoms. The Morgan fingerprint density at radius 2 is 1.81 bits per heavy atom. The Hall–Kier alpha value is -2.41. The van der Waals surface area contributed by atoms with Gasteiger partial charge in [-0.05, 0) is 37.5 Å². The second-order valence-electron chi connectivity index (χ2n) is 6.93. The fourth-order valence-corrected chi connectivity index (χ4v) is 3.79. The Balaban J connectivity index is 1.51. The number of nitrogens with zero attached hydrogens (tertiary/aromatic N) is 1. The largest absolute Gasteiger partial charge is 0.454 e. The zero-order chi connectivity index (χ0) is 19.6. The summed E-state index contributed by atoms with van der Waals surface area (Å²) in [6, 6.07) is 5.06. The average molecular weight is 393 g/mol. The first-order valence-corrected chi connectivity index (χ1v) is 9.31. The van der Waals surface area contributed by atoms with E-state index >= 15 is 0 Å². The average Bonchev–Trinajstić information content (AvgIpc) is 2.88. The number of rotatable bonds is 5. The van der Waals surface area contributed by atoms with Gasteiger partial charge in [0.1, 0.15) is 6.54 Å². The third kappa shape index (κ3) is 4.30. The summed E-state index contributed by atoms with van der Waals surface area (Å²) in [6.07, 6.45) is 3.20. The summed E-state index contributed by atoms with van der Waals surface area (Å²) in [5.74, 6) is -2.54. The Morgan fingerprint density at radius 1 is 1.19 bits per heavy atom. The molecule has 2 fully saturated rings. The van der Waals surface area contributed by atoms with E-state index in [1.807, 2.05) is 6.92 Å². The molecule has 1 aromatic carbocycles. The molecule has 3 rings (SSSR count). The van der Waals surface area contributed by atoms with Crippen LogP contribution in [0.1, 0.15) is 31.2 Å². The first-order valence-electron chi connectivity index (χ1n) is 8.93. The molecule has 1 saturated carbocycles. The lowest BCUT2D eigenvalue weighted by Gasteiger charge is -2.19. The third-order valence-corrected chi connectivity index (χ3v) is 5.29. The predicted molar refractivity (Wildman–Crippen MR) is 97.9 cm³/mol. The topological polar surface area (TPSA) is 92.8 Å². The van der Waals surface area contributed by atoms with Gasteiger partial charge in [0.25, 0.3) is 5.91 Å². The van der Waals surface area contributed by atoms with E-state index < -0.39 is 25.0 Å². The van der Waals surface area contributed by atoms with Crippen molar-refractivity contribution in [3.05, 3.63) is 28.8 Å². The molecule has 1 N–H and O–H groups in total. The molecule has 1 saturated heterocycles. The highest BCUT2D eigenvalue weighted by atomic mass is 35.5. The number of carbonyl (C=O) groups excluding carboxylic acids is 4. The number of esters is 1. The molecule has 2 aliphatic rings. The highest BCUT2D eigenvalue weighted by Gasteiger charge is 2.48. The summed E-state index contributed by atoms with van der Waals surface area (Å²) in [4.78, 5) is 49.6. The van der Waals surface area contributed by atoms with Crippen molar-refractivity contribution in [2.75, 3.05) is 18.5 Å². The fraction of sp³-hybridized carbons (Fsp3) is 0.474. The molecule has 1 heterocycles. The van der Waals surface area contributed by atoms with Crippen LogP contribution in [0.5, 0.6) is 0 Å². The number of hydrogen-bond acceptors (Lipinski definition) is 5. The van der Waals surface area contributed by atoms with Gasteiger partial charge in [0, 0.05) is 10.7 Å². The summed E-state index contributed by atoms with van der Waals surface area (Å²) >= 11 is 5.90. The van der Waals surface area contributed by atoms with Crippen LogP contribution >= 0.6 is 11.6 Å². The molecule has 144 valence electrons. The zero-order valence-electron chi connectivity index (χ0n) is 15.0. The van der Waals surface area contributed by atoms with Crippen LogP contribution in [0.25, 0.3) is 0 Å². The van der Waals surface area contributed by atoms with E-state index in [-0.39, 0.29) is 23.7 Å². The van der Waals surface area contributed by atoms with Gasteiger partial charge >= 0.3 is 5.97 Å². The van der Waals surface area contributed by atoms with E-state index in [1.165, 1.54) is 0 Å². The molecule has 0 radical (unpaired) electrons. The van der Waals surface area contributed by atoms with Crippen LogP contribution in [0.2, 0.25) is 5.02 Å². The van der Waals surface area contributed by atoms with Crippen molar-refractivity contribution in [3.63, 3.8) is 0 Å². The van der Waals surface area contributed by atoms with Crippen molar-refractivity contribution in [1.82, 2.24) is 4.90 Å². The lowest BCUT2D eigenvalue weighted by atomic mass is 9.81. The Labute approximate surface area is 162 Å². The van der Waals surface area contributed by atoms with Crippen LogP contribution < -0.4 is 5.32 Å². The molecule has 0 spiro atoms. The predicted octanol–water partition coefficient (Wildman–Crippen LogP) is 2.31. The number of aryl methyl sites for hydroxylation is 1. The summed E-state index contributed by atoms with van der Waals surface area (Å²) in [5.41, 5.74) is 1.34. The number of benzene rings is 1. The summed E-state index contributed by atoms with van der Waals surface area (Å²) in [5, 5.41) is 3.08. The number of halogens is 1. The first-order chi connectivity index (χ1) is 12.9. The molecule has 3 amide bonds. The quantitative estimate of drug-likeness (QED) is 0.613. The number of hydrogen-bond donors (Lipinski definition) is 1.